The van der Waals surface area contributed by atoms with Crippen molar-refractivity contribution in [1.29, 1.82) is 0 Å². The fraction of sp³-hybridized carbons (Fsp3) is 0.500. The summed E-state index contributed by atoms with van der Waals surface area (Å²) in [5.74, 6) is -0.176. The second-order valence-electron chi connectivity index (χ2n) is 3.07. The van der Waals surface area contributed by atoms with Crippen molar-refractivity contribution in [1.82, 2.24) is 9.88 Å². The molecule has 1 saturated heterocycles. The lowest BCUT2D eigenvalue weighted by Crippen LogP contribution is -2.29. The van der Waals surface area contributed by atoms with Crippen molar-refractivity contribution in [3.05, 3.63) is 18.4 Å². The Morgan fingerprint density at radius 3 is 3.15 bits per heavy atom. The number of hydrogen-bond acceptors (Lipinski definition) is 4. The monoisotopic (exact) mass is 182 g/mol. The van der Waals surface area contributed by atoms with Gasteiger partial charge in [-0.15, -0.1) is 0 Å². The molecule has 0 radical (unpaired) electrons. The Morgan fingerprint density at radius 2 is 2.62 bits per heavy atom. The van der Waals surface area contributed by atoms with Gasteiger partial charge in [-0.1, -0.05) is 0 Å². The molecular formula is C8H10N2O3. The molecule has 1 amide bonds. The van der Waals surface area contributed by atoms with E-state index in [-0.39, 0.29) is 5.91 Å². The van der Waals surface area contributed by atoms with Crippen LogP contribution in [-0.4, -0.2) is 40.1 Å². The number of hydrogen-bond donors (Lipinski definition) is 1. The van der Waals surface area contributed by atoms with Gasteiger partial charge in [0.05, 0.1) is 6.10 Å². The van der Waals surface area contributed by atoms with Gasteiger partial charge in [-0.25, -0.2) is 4.98 Å². The summed E-state index contributed by atoms with van der Waals surface area (Å²) in [6.45, 7) is 0.985. The Hall–Kier alpha value is -1.36. The number of aromatic nitrogens is 1. The summed E-state index contributed by atoms with van der Waals surface area (Å²) < 4.78 is 4.70. The molecule has 2 heterocycles. The maximum Gasteiger partial charge on any atom is 0.275 e. The van der Waals surface area contributed by atoms with Crippen LogP contribution in [0.1, 0.15) is 16.9 Å². The molecule has 1 N–H and O–H groups in total. The van der Waals surface area contributed by atoms with Crippen molar-refractivity contribution >= 4 is 5.91 Å². The topological polar surface area (TPSA) is 66.6 Å². The molecule has 2 rings (SSSR count). The number of carbonyl (C=O) groups is 1. The van der Waals surface area contributed by atoms with Crippen molar-refractivity contribution in [2.45, 2.75) is 12.5 Å². The Kier molecular flexibility index (Phi) is 2.02. The molecule has 1 aliphatic heterocycles. The molecule has 1 atom stereocenters. The number of rotatable bonds is 1. The number of β-amino-alcohol motifs (C(OH)–C–C–N with tert-alkyl or cyclic N) is 1. The van der Waals surface area contributed by atoms with Gasteiger partial charge in [0.1, 0.15) is 6.26 Å². The summed E-state index contributed by atoms with van der Waals surface area (Å²) >= 11 is 0. The van der Waals surface area contributed by atoms with Gasteiger partial charge in [0.2, 0.25) is 0 Å². The van der Waals surface area contributed by atoms with Crippen LogP contribution in [0.25, 0.3) is 0 Å². The SMILES string of the molecule is O=C(c1cocn1)N1CC[C@@H](O)C1. The zero-order chi connectivity index (χ0) is 9.26. The van der Waals surface area contributed by atoms with Crippen LogP contribution in [0.4, 0.5) is 0 Å². The van der Waals surface area contributed by atoms with Crippen LogP contribution in [0, 0.1) is 0 Å². The van der Waals surface area contributed by atoms with Gasteiger partial charge in [-0.2, -0.15) is 0 Å². The van der Waals surface area contributed by atoms with Crippen LogP contribution in [-0.2, 0) is 0 Å². The van der Waals surface area contributed by atoms with Gasteiger partial charge in [-0.3, -0.25) is 4.79 Å². The zero-order valence-electron chi connectivity index (χ0n) is 7.01. The third-order valence-corrected chi connectivity index (χ3v) is 2.10. The first-order valence-corrected chi connectivity index (χ1v) is 4.13. The summed E-state index contributed by atoms with van der Waals surface area (Å²) in [6, 6.07) is 0. The highest BCUT2D eigenvalue weighted by atomic mass is 16.3. The van der Waals surface area contributed by atoms with E-state index >= 15 is 0 Å². The molecule has 5 nitrogen and oxygen atoms in total. The summed E-state index contributed by atoms with van der Waals surface area (Å²) in [7, 11) is 0. The smallest absolute Gasteiger partial charge is 0.275 e. The van der Waals surface area contributed by atoms with E-state index in [4.69, 9.17) is 4.42 Å². The highest BCUT2D eigenvalue weighted by molar-refractivity contribution is 5.92. The first kappa shape index (κ1) is 8.25. The normalized spacial score (nSPS) is 22.2. The molecule has 1 aromatic rings. The van der Waals surface area contributed by atoms with Gasteiger partial charge in [-0.05, 0) is 6.42 Å². The van der Waals surface area contributed by atoms with Gasteiger partial charge in [0.15, 0.2) is 12.1 Å². The molecule has 0 unspecified atom stereocenters. The fourth-order valence-electron chi connectivity index (χ4n) is 1.41. The number of carbonyl (C=O) groups excluding carboxylic acids is 1. The third-order valence-electron chi connectivity index (χ3n) is 2.10. The van der Waals surface area contributed by atoms with Crippen molar-refractivity contribution in [3.8, 4) is 0 Å². The summed E-state index contributed by atoms with van der Waals surface area (Å²) in [4.78, 5) is 16.9. The Balaban J connectivity index is 2.06. The number of aliphatic hydroxyl groups excluding tert-OH is 1. The van der Waals surface area contributed by atoms with E-state index in [0.29, 0.717) is 25.2 Å². The highest BCUT2D eigenvalue weighted by Crippen LogP contribution is 2.11. The van der Waals surface area contributed by atoms with E-state index in [9.17, 15) is 9.90 Å². The molecule has 1 fully saturated rings. The van der Waals surface area contributed by atoms with E-state index < -0.39 is 6.10 Å². The molecule has 0 bridgehead atoms. The quantitative estimate of drug-likeness (QED) is 0.657. The summed E-state index contributed by atoms with van der Waals surface area (Å²) in [6.07, 6.45) is 2.78. The standard InChI is InChI=1S/C8H10N2O3/c11-6-1-2-10(3-6)8(12)7-4-13-5-9-7/h4-6,11H,1-3H2/t6-/m1/s1. The highest BCUT2D eigenvalue weighted by Gasteiger charge is 2.26. The lowest BCUT2D eigenvalue weighted by molar-refractivity contribution is 0.0759. The van der Waals surface area contributed by atoms with Crippen molar-refractivity contribution in [2.75, 3.05) is 13.1 Å². The van der Waals surface area contributed by atoms with Crippen molar-refractivity contribution in [2.24, 2.45) is 0 Å². The third kappa shape index (κ3) is 1.55. The second kappa shape index (κ2) is 3.18. The minimum Gasteiger partial charge on any atom is -0.451 e. The number of likely N-dealkylation sites (tertiary alicyclic amines) is 1. The first-order valence-electron chi connectivity index (χ1n) is 4.13. The molecule has 5 heteroatoms. The van der Waals surface area contributed by atoms with Gasteiger partial charge >= 0.3 is 0 Å². The Labute approximate surface area is 75.0 Å². The van der Waals surface area contributed by atoms with Crippen LogP contribution in [0.2, 0.25) is 0 Å². The van der Waals surface area contributed by atoms with E-state index in [1.165, 1.54) is 12.7 Å². The van der Waals surface area contributed by atoms with Gasteiger partial charge in [0.25, 0.3) is 5.91 Å². The first-order chi connectivity index (χ1) is 6.27. The number of oxazole rings is 1. The maximum absolute atomic E-state index is 11.5. The summed E-state index contributed by atoms with van der Waals surface area (Å²) in [5.41, 5.74) is 0.300. The van der Waals surface area contributed by atoms with Crippen LogP contribution < -0.4 is 0 Å². The minimum absolute atomic E-state index is 0.176. The van der Waals surface area contributed by atoms with Gasteiger partial charge < -0.3 is 14.4 Å². The summed E-state index contributed by atoms with van der Waals surface area (Å²) in [5, 5.41) is 9.21. The average molecular weight is 182 g/mol. The van der Waals surface area contributed by atoms with E-state index in [0.717, 1.165) is 0 Å². The minimum atomic E-state index is -0.393. The molecule has 1 aliphatic rings. The number of nitrogens with zero attached hydrogens (tertiary/aromatic N) is 2. The lowest BCUT2D eigenvalue weighted by Gasteiger charge is -2.12. The molecule has 13 heavy (non-hydrogen) atoms. The Morgan fingerprint density at radius 1 is 1.77 bits per heavy atom. The van der Waals surface area contributed by atoms with E-state index in [1.807, 2.05) is 0 Å². The zero-order valence-corrected chi connectivity index (χ0v) is 7.01. The fourth-order valence-corrected chi connectivity index (χ4v) is 1.41. The predicted molar refractivity (Wildman–Crippen MR) is 43.0 cm³/mol. The Bertz CT molecular complexity index is 296. The molecule has 70 valence electrons. The largest absolute Gasteiger partial charge is 0.451 e. The molecular weight excluding hydrogens is 172 g/mol. The predicted octanol–water partition coefficient (Wildman–Crippen LogP) is -0.119. The average Bonchev–Trinajstić information content (AvgIpc) is 2.72. The maximum atomic E-state index is 11.5. The van der Waals surface area contributed by atoms with E-state index in [2.05, 4.69) is 4.98 Å². The van der Waals surface area contributed by atoms with Crippen LogP contribution in [0.5, 0.6) is 0 Å². The van der Waals surface area contributed by atoms with Crippen LogP contribution >= 0.6 is 0 Å². The molecule has 0 spiro atoms. The number of aliphatic hydroxyl groups is 1. The second-order valence-corrected chi connectivity index (χ2v) is 3.07. The molecule has 1 aromatic heterocycles. The van der Waals surface area contributed by atoms with Crippen molar-refractivity contribution < 1.29 is 14.3 Å². The van der Waals surface area contributed by atoms with Gasteiger partial charge in [0, 0.05) is 13.1 Å². The number of amides is 1. The molecule has 0 saturated carbocycles. The lowest BCUT2D eigenvalue weighted by atomic mass is 10.3. The van der Waals surface area contributed by atoms with Crippen molar-refractivity contribution in [3.63, 3.8) is 0 Å². The van der Waals surface area contributed by atoms with Crippen LogP contribution in [0.3, 0.4) is 0 Å². The molecule has 0 aromatic carbocycles. The van der Waals surface area contributed by atoms with E-state index in [1.54, 1.807) is 4.90 Å². The van der Waals surface area contributed by atoms with Crippen LogP contribution in [0.15, 0.2) is 17.1 Å². The molecule has 0 aliphatic carbocycles.